The average molecular weight is 433 g/mol. The standard InChI is InChI=1S/C26H32N4O2/c1-18-4-5-19(2)29(18)23-8-6-22(7-9-23)26(31)28-13-10-24(17-28)30-20(3)16-27-25(30)21-11-14-32-15-12-21/h4-9,16,21,24H,10-15,17H2,1-3H3. The summed E-state index contributed by atoms with van der Waals surface area (Å²) in [6, 6.07) is 12.5. The lowest BCUT2D eigenvalue weighted by atomic mass is 9.99. The van der Waals surface area contributed by atoms with Gasteiger partial charge in [0.1, 0.15) is 5.82 Å². The number of aromatic nitrogens is 3. The number of benzene rings is 1. The molecule has 0 radical (unpaired) electrons. The van der Waals surface area contributed by atoms with Crippen molar-refractivity contribution in [2.75, 3.05) is 26.3 Å². The Bertz CT molecular complexity index is 1090. The number of hydrogen-bond acceptors (Lipinski definition) is 3. The van der Waals surface area contributed by atoms with Crippen LogP contribution < -0.4 is 0 Å². The first-order valence-electron chi connectivity index (χ1n) is 11.7. The molecule has 168 valence electrons. The van der Waals surface area contributed by atoms with Crippen LogP contribution in [0, 0.1) is 20.8 Å². The fourth-order valence-electron chi connectivity index (χ4n) is 5.35. The maximum atomic E-state index is 13.2. The molecule has 2 aliphatic rings. The van der Waals surface area contributed by atoms with E-state index in [1.165, 1.54) is 22.9 Å². The van der Waals surface area contributed by atoms with Crippen LogP contribution in [-0.2, 0) is 4.74 Å². The summed E-state index contributed by atoms with van der Waals surface area (Å²) in [5.74, 6) is 1.74. The minimum absolute atomic E-state index is 0.116. The van der Waals surface area contributed by atoms with Gasteiger partial charge in [0.05, 0.1) is 6.04 Å². The number of nitrogens with zero attached hydrogens (tertiary/aromatic N) is 4. The molecule has 6 heteroatoms. The van der Waals surface area contributed by atoms with Gasteiger partial charge in [-0.1, -0.05) is 0 Å². The molecular formula is C26H32N4O2. The van der Waals surface area contributed by atoms with E-state index in [0.717, 1.165) is 56.8 Å². The fourth-order valence-corrected chi connectivity index (χ4v) is 5.35. The number of carbonyl (C=O) groups excluding carboxylic acids is 1. The number of carbonyl (C=O) groups is 1. The van der Waals surface area contributed by atoms with E-state index in [0.29, 0.717) is 12.0 Å². The first-order valence-corrected chi connectivity index (χ1v) is 11.7. The number of aryl methyl sites for hydroxylation is 3. The Hall–Kier alpha value is -2.86. The van der Waals surface area contributed by atoms with Crippen molar-refractivity contribution >= 4 is 5.91 Å². The highest BCUT2D eigenvalue weighted by Crippen LogP contribution is 2.32. The van der Waals surface area contributed by atoms with Gasteiger partial charge in [-0.3, -0.25) is 4.79 Å². The first-order chi connectivity index (χ1) is 15.5. The molecule has 0 spiro atoms. The predicted molar refractivity (Wildman–Crippen MR) is 125 cm³/mol. The van der Waals surface area contributed by atoms with Crippen molar-refractivity contribution in [3.05, 3.63) is 71.1 Å². The summed E-state index contributed by atoms with van der Waals surface area (Å²) < 4.78 is 10.1. The molecule has 32 heavy (non-hydrogen) atoms. The Labute approximate surface area is 189 Å². The van der Waals surface area contributed by atoms with Gasteiger partial charge in [-0.05, 0) is 76.4 Å². The van der Waals surface area contributed by atoms with Gasteiger partial charge in [0.15, 0.2) is 0 Å². The molecule has 2 fully saturated rings. The van der Waals surface area contributed by atoms with Gasteiger partial charge < -0.3 is 18.8 Å². The highest BCUT2D eigenvalue weighted by molar-refractivity contribution is 5.94. The first kappa shape index (κ1) is 21.0. The van der Waals surface area contributed by atoms with Gasteiger partial charge in [0.25, 0.3) is 5.91 Å². The van der Waals surface area contributed by atoms with Crippen LogP contribution in [-0.4, -0.2) is 51.2 Å². The van der Waals surface area contributed by atoms with Crippen LogP contribution in [0.15, 0.2) is 42.6 Å². The van der Waals surface area contributed by atoms with Crippen molar-refractivity contribution in [3.8, 4) is 5.69 Å². The normalized spacial score (nSPS) is 19.6. The van der Waals surface area contributed by atoms with Crippen LogP contribution in [0.25, 0.3) is 5.69 Å². The number of amides is 1. The number of hydrogen-bond donors (Lipinski definition) is 0. The molecule has 0 N–H and O–H groups in total. The topological polar surface area (TPSA) is 52.3 Å². The molecule has 6 nitrogen and oxygen atoms in total. The monoisotopic (exact) mass is 432 g/mol. The van der Waals surface area contributed by atoms with E-state index in [1.807, 2.05) is 35.4 Å². The molecule has 1 atom stereocenters. The molecule has 0 bridgehead atoms. The fraction of sp³-hybridized carbons (Fsp3) is 0.462. The maximum absolute atomic E-state index is 13.2. The summed E-state index contributed by atoms with van der Waals surface area (Å²) in [6.07, 6.45) is 5.01. The Morgan fingerprint density at radius 3 is 2.31 bits per heavy atom. The van der Waals surface area contributed by atoms with Crippen molar-refractivity contribution in [2.24, 2.45) is 0 Å². The third-order valence-corrected chi connectivity index (χ3v) is 7.06. The molecule has 0 aliphatic carbocycles. The second-order valence-corrected chi connectivity index (χ2v) is 9.21. The van der Waals surface area contributed by atoms with Crippen LogP contribution in [0.3, 0.4) is 0 Å². The third kappa shape index (κ3) is 3.77. The molecule has 1 unspecified atom stereocenters. The smallest absolute Gasteiger partial charge is 0.253 e. The third-order valence-electron chi connectivity index (χ3n) is 7.06. The van der Waals surface area contributed by atoms with Crippen LogP contribution in [0.5, 0.6) is 0 Å². The van der Waals surface area contributed by atoms with Crippen molar-refractivity contribution in [2.45, 2.75) is 52.0 Å². The zero-order valence-electron chi connectivity index (χ0n) is 19.3. The summed E-state index contributed by atoms with van der Waals surface area (Å²) in [4.78, 5) is 20.0. The van der Waals surface area contributed by atoms with E-state index in [2.05, 4.69) is 42.0 Å². The molecule has 1 amide bonds. The molecule has 0 saturated carbocycles. The van der Waals surface area contributed by atoms with Gasteiger partial charge in [-0.2, -0.15) is 0 Å². The maximum Gasteiger partial charge on any atom is 0.253 e. The lowest BCUT2D eigenvalue weighted by Gasteiger charge is -2.26. The summed E-state index contributed by atoms with van der Waals surface area (Å²) in [5.41, 5.74) is 5.42. The highest BCUT2D eigenvalue weighted by Gasteiger charge is 2.32. The number of rotatable bonds is 4. The van der Waals surface area contributed by atoms with E-state index in [4.69, 9.17) is 9.72 Å². The molecule has 5 rings (SSSR count). The SMILES string of the molecule is Cc1ccc(C)n1-c1ccc(C(=O)N2CCC(n3c(C)cnc3C3CCOCC3)C2)cc1. The Kier molecular flexibility index (Phi) is 5.64. The summed E-state index contributed by atoms with van der Waals surface area (Å²) in [5, 5.41) is 0. The highest BCUT2D eigenvalue weighted by atomic mass is 16.5. The molecule has 2 aromatic heterocycles. The van der Waals surface area contributed by atoms with Gasteiger partial charge in [0.2, 0.25) is 0 Å². The van der Waals surface area contributed by atoms with Gasteiger partial charge in [-0.15, -0.1) is 0 Å². The van der Waals surface area contributed by atoms with E-state index in [1.54, 1.807) is 0 Å². The second-order valence-electron chi connectivity index (χ2n) is 9.21. The number of imidazole rings is 1. The zero-order valence-corrected chi connectivity index (χ0v) is 19.3. The Morgan fingerprint density at radius 1 is 0.938 bits per heavy atom. The van der Waals surface area contributed by atoms with Gasteiger partial charge in [0, 0.05) is 66.8 Å². The minimum Gasteiger partial charge on any atom is -0.381 e. The number of ether oxygens (including phenoxy) is 1. The van der Waals surface area contributed by atoms with Crippen molar-refractivity contribution < 1.29 is 9.53 Å². The number of likely N-dealkylation sites (tertiary alicyclic amines) is 1. The van der Waals surface area contributed by atoms with Crippen LogP contribution in [0.1, 0.15) is 64.5 Å². The van der Waals surface area contributed by atoms with Crippen LogP contribution in [0.2, 0.25) is 0 Å². The van der Waals surface area contributed by atoms with Gasteiger partial charge in [-0.25, -0.2) is 4.98 Å². The van der Waals surface area contributed by atoms with Crippen LogP contribution in [0.4, 0.5) is 0 Å². The summed E-state index contributed by atoms with van der Waals surface area (Å²) >= 11 is 0. The molecular weight excluding hydrogens is 400 g/mol. The Morgan fingerprint density at radius 2 is 1.62 bits per heavy atom. The molecule has 1 aromatic carbocycles. The van der Waals surface area contributed by atoms with E-state index in [-0.39, 0.29) is 5.91 Å². The largest absolute Gasteiger partial charge is 0.381 e. The zero-order chi connectivity index (χ0) is 22.2. The lowest BCUT2D eigenvalue weighted by Crippen LogP contribution is -2.30. The van der Waals surface area contributed by atoms with Crippen molar-refractivity contribution in [1.82, 2.24) is 19.0 Å². The Balaban J connectivity index is 1.31. The molecule has 2 aliphatic heterocycles. The van der Waals surface area contributed by atoms with Crippen molar-refractivity contribution in [1.29, 1.82) is 0 Å². The van der Waals surface area contributed by atoms with E-state index >= 15 is 0 Å². The van der Waals surface area contributed by atoms with E-state index in [9.17, 15) is 4.79 Å². The summed E-state index contributed by atoms with van der Waals surface area (Å²) in [6.45, 7) is 9.47. The quantitative estimate of drug-likeness (QED) is 0.606. The predicted octanol–water partition coefficient (Wildman–Crippen LogP) is 4.58. The van der Waals surface area contributed by atoms with Crippen LogP contribution >= 0.6 is 0 Å². The summed E-state index contributed by atoms with van der Waals surface area (Å²) in [7, 11) is 0. The minimum atomic E-state index is 0.116. The average Bonchev–Trinajstić information content (AvgIpc) is 3.53. The second kappa shape index (κ2) is 8.58. The van der Waals surface area contributed by atoms with E-state index < -0.39 is 0 Å². The van der Waals surface area contributed by atoms with Gasteiger partial charge >= 0.3 is 0 Å². The molecule has 3 aromatic rings. The molecule has 2 saturated heterocycles. The molecule has 4 heterocycles. The van der Waals surface area contributed by atoms with Crippen molar-refractivity contribution in [3.63, 3.8) is 0 Å². The lowest BCUT2D eigenvalue weighted by molar-refractivity contribution is 0.0784.